The molecule has 1 amide bonds. The van der Waals surface area contributed by atoms with Gasteiger partial charge in [0.05, 0.1) is 13.0 Å². The molecule has 6 nitrogen and oxygen atoms in total. The molecule has 0 spiro atoms. The van der Waals surface area contributed by atoms with Crippen molar-refractivity contribution in [2.45, 2.75) is 31.9 Å². The number of carbonyl (C=O) groups excluding carboxylic acids is 1. The number of hydrogen-bond donors (Lipinski definition) is 1. The number of hydrogen-bond acceptors (Lipinski definition) is 5. The Hall–Kier alpha value is -1.70. The lowest BCUT2D eigenvalue weighted by Gasteiger charge is -2.22. The summed E-state index contributed by atoms with van der Waals surface area (Å²) in [6, 6.07) is 3.93. The van der Waals surface area contributed by atoms with Gasteiger partial charge in [-0.15, -0.1) is 11.3 Å². The second-order valence-electron chi connectivity index (χ2n) is 5.48. The Morgan fingerprint density at radius 1 is 1.57 bits per heavy atom. The van der Waals surface area contributed by atoms with Crippen molar-refractivity contribution < 1.29 is 14.3 Å². The Kier molecular flexibility index (Phi) is 5.43. The van der Waals surface area contributed by atoms with Crippen LogP contribution in [0.4, 0.5) is 5.82 Å². The molecule has 1 aliphatic rings. The predicted molar refractivity (Wildman–Crippen MR) is 88.7 cm³/mol. The Balaban J connectivity index is 1.52. The molecule has 124 valence electrons. The third-order valence-corrected chi connectivity index (χ3v) is 4.83. The van der Waals surface area contributed by atoms with Gasteiger partial charge in [0.1, 0.15) is 6.10 Å². The molecule has 2 aromatic heterocycles. The normalized spacial score (nSPS) is 17.0. The summed E-state index contributed by atoms with van der Waals surface area (Å²) in [6.07, 6.45) is 3.87. The average Bonchev–Trinajstić information content (AvgIpc) is 3.17. The maximum Gasteiger partial charge on any atom is 0.228 e. The summed E-state index contributed by atoms with van der Waals surface area (Å²) in [4.78, 5) is 13.4. The lowest BCUT2D eigenvalue weighted by atomic mass is 10.1. The van der Waals surface area contributed by atoms with Crippen molar-refractivity contribution in [3.05, 3.63) is 34.2 Å². The lowest BCUT2D eigenvalue weighted by molar-refractivity contribution is -0.119. The topological polar surface area (TPSA) is 65.4 Å². The number of anilines is 1. The Morgan fingerprint density at radius 3 is 3.35 bits per heavy atom. The van der Waals surface area contributed by atoms with Crippen LogP contribution in [0.25, 0.3) is 0 Å². The summed E-state index contributed by atoms with van der Waals surface area (Å²) in [7, 11) is 1.68. The number of amides is 1. The highest BCUT2D eigenvalue weighted by molar-refractivity contribution is 7.10. The van der Waals surface area contributed by atoms with Gasteiger partial charge in [0.25, 0.3) is 0 Å². The third kappa shape index (κ3) is 4.19. The van der Waals surface area contributed by atoms with Gasteiger partial charge in [0, 0.05) is 37.4 Å². The monoisotopic (exact) mass is 335 g/mol. The molecule has 23 heavy (non-hydrogen) atoms. The van der Waals surface area contributed by atoms with E-state index in [2.05, 4.69) is 21.9 Å². The number of rotatable bonds is 7. The van der Waals surface area contributed by atoms with Crippen molar-refractivity contribution in [2.24, 2.45) is 0 Å². The quantitative estimate of drug-likeness (QED) is 0.790. The first-order chi connectivity index (χ1) is 11.3. The van der Waals surface area contributed by atoms with Crippen LogP contribution in [0.1, 0.15) is 29.4 Å². The van der Waals surface area contributed by atoms with Crippen molar-refractivity contribution in [2.75, 3.05) is 25.6 Å². The van der Waals surface area contributed by atoms with E-state index in [-0.39, 0.29) is 12.0 Å². The van der Waals surface area contributed by atoms with E-state index in [0.717, 1.165) is 19.4 Å². The summed E-state index contributed by atoms with van der Waals surface area (Å²) in [5.74, 6) is 0.507. The highest BCUT2D eigenvalue weighted by atomic mass is 32.1. The number of aromatic nitrogens is 2. The van der Waals surface area contributed by atoms with E-state index >= 15 is 0 Å². The zero-order valence-corrected chi connectivity index (χ0v) is 14.0. The van der Waals surface area contributed by atoms with Crippen LogP contribution in [0, 0.1) is 0 Å². The van der Waals surface area contributed by atoms with Gasteiger partial charge in [0.2, 0.25) is 5.91 Å². The van der Waals surface area contributed by atoms with Gasteiger partial charge in [-0.05, 0) is 29.9 Å². The Bertz CT molecular complexity index is 653. The fourth-order valence-electron chi connectivity index (χ4n) is 2.66. The summed E-state index contributed by atoms with van der Waals surface area (Å²) >= 11 is 1.66. The fraction of sp³-hybridized carbons (Fsp3) is 0.500. The van der Waals surface area contributed by atoms with E-state index in [1.165, 1.54) is 10.4 Å². The van der Waals surface area contributed by atoms with E-state index in [0.29, 0.717) is 25.5 Å². The van der Waals surface area contributed by atoms with Crippen LogP contribution in [0.15, 0.2) is 23.7 Å². The molecule has 0 unspecified atom stereocenters. The van der Waals surface area contributed by atoms with E-state index in [1.54, 1.807) is 18.4 Å². The van der Waals surface area contributed by atoms with E-state index < -0.39 is 0 Å². The number of nitrogens with one attached hydrogen (secondary N) is 1. The molecule has 0 aliphatic carbocycles. The number of nitrogens with zero attached hydrogens (tertiary/aromatic N) is 2. The smallest absolute Gasteiger partial charge is 0.228 e. The highest BCUT2D eigenvalue weighted by Crippen LogP contribution is 2.33. The molecule has 7 heteroatoms. The molecule has 3 rings (SSSR count). The lowest BCUT2D eigenvalue weighted by Crippen LogP contribution is -2.21. The molecule has 1 atom stereocenters. The summed E-state index contributed by atoms with van der Waals surface area (Å²) in [5, 5.41) is 9.25. The summed E-state index contributed by atoms with van der Waals surface area (Å²) < 4.78 is 12.6. The molecule has 1 aliphatic heterocycles. The number of carbonyl (C=O) groups is 1. The Labute approximate surface area is 139 Å². The standard InChI is InChI=1S/C16H21N3O3S/c1-21-8-2-6-19-7-3-14(18-19)17-15(20)11-13-16-12(4-9-22-13)5-10-23-16/h3,5,7,10,13H,2,4,6,8-9,11H2,1H3,(H,17,18,20)/t13-/m1/s1. The zero-order chi connectivity index (χ0) is 16.1. The van der Waals surface area contributed by atoms with Crippen LogP contribution in [0.5, 0.6) is 0 Å². The largest absolute Gasteiger partial charge is 0.385 e. The fourth-order valence-corrected chi connectivity index (χ4v) is 3.66. The van der Waals surface area contributed by atoms with Gasteiger partial charge in [0.15, 0.2) is 5.82 Å². The first kappa shape index (κ1) is 16.2. The molecule has 2 aromatic rings. The van der Waals surface area contributed by atoms with Gasteiger partial charge < -0.3 is 14.8 Å². The van der Waals surface area contributed by atoms with Crippen LogP contribution in [-0.4, -0.2) is 36.0 Å². The maximum absolute atomic E-state index is 12.2. The second kappa shape index (κ2) is 7.72. The highest BCUT2D eigenvalue weighted by Gasteiger charge is 2.24. The molecule has 1 N–H and O–H groups in total. The van der Waals surface area contributed by atoms with Gasteiger partial charge in [-0.2, -0.15) is 5.10 Å². The van der Waals surface area contributed by atoms with Gasteiger partial charge >= 0.3 is 0 Å². The van der Waals surface area contributed by atoms with Crippen molar-refractivity contribution in [1.29, 1.82) is 0 Å². The minimum atomic E-state index is -0.137. The third-order valence-electron chi connectivity index (χ3n) is 3.78. The van der Waals surface area contributed by atoms with E-state index in [4.69, 9.17) is 9.47 Å². The number of aryl methyl sites for hydroxylation is 1. The van der Waals surface area contributed by atoms with Crippen LogP contribution < -0.4 is 5.32 Å². The van der Waals surface area contributed by atoms with Gasteiger partial charge in [-0.3, -0.25) is 9.48 Å². The van der Waals surface area contributed by atoms with Crippen LogP contribution in [0.3, 0.4) is 0 Å². The molecule has 0 bridgehead atoms. The van der Waals surface area contributed by atoms with E-state index in [9.17, 15) is 4.79 Å². The number of methoxy groups -OCH3 is 1. The van der Waals surface area contributed by atoms with Crippen LogP contribution in [0.2, 0.25) is 0 Å². The molecule has 0 saturated heterocycles. The molecule has 0 fully saturated rings. The van der Waals surface area contributed by atoms with Crippen molar-refractivity contribution >= 4 is 23.1 Å². The molecule has 3 heterocycles. The van der Waals surface area contributed by atoms with Crippen LogP contribution >= 0.6 is 11.3 Å². The van der Waals surface area contributed by atoms with Crippen molar-refractivity contribution in [3.63, 3.8) is 0 Å². The zero-order valence-electron chi connectivity index (χ0n) is 13.2. The second-order valence-corrected chi connectivity index (χ2v) is 6.43. The molecule has 0 saturated carbocycles. The van der Waals surface area contributed by atoms with E-state index in [1.807, 2.05) is 16.9 Å². The predicted octanol–water partition coefficient (Wildman–Crippen LogP) is 2.62. The molecular formula is C16H21N3O3S. The first-order valence-electron chi connectivity index (χ1n) is 7.76. The Morgan fingerprint density at radius 2 is 2.48 bits per heavy atom. The maximum atomic E-state index is 12.2. The van der Waals surface area contributed by atoms with Gasteiger partial charge in [-0.25, -0.2) is 0 Å². The van der Waals surface area contributed by atoms with Crippen molar-refractivity contribution in [1.82, 2.24) is 9.78 Å². The summed E-state index contributed by atoms with van der Waals surface area (Å²) in [5.41, 5.74) is 1.31. The number of thiophene rings is 1. The van der Waals surface area contributed by atoms with Gasteiger partial charge in [-0.1, -0.05) is 0 Å². The average molecular weight is 335 g/mol. The minimum Gasteiger partial charge on any atom is -0.385 e. The number of fused-ring (bicyclic) bond motifs is 1. The molecule has 0 radical (unpaired) electrons. The van der Waals surface area contributed by atoms with Crippen molar-refractivity contribution in [3.8, 4) is 0 Å². The first-order valence-corrected chi connectivity index (χ1v) is 8.64. The number of ether oxygens (including phenoxy) is 2. The molecule has 0 aromatic carbocycles. The summed E-state index contributed by atoms with van der Waals surface area (Å²) in [6.45, 7) is 2.15. The minimum absolute atomic E-state index is 0.0709. The molecular weight excluding hydrogens is 314 g/mol. The SMILES string of the molecule is COCCCn1ccc(NC(=O)C[C@H]2OCCc3ccsc32)n1. The van der Waals surface area contributed by atoms with Crippen LogP contribution in [-0.2, 0) is 27.2 Å².